The lowest BCUT2D eigenvalue weighted by molar-refractivity contribution is -0.131. The highest BCUT2D eigenvalue weighted by molar-refractivity contribution is 8.18. The number of thioether (sulfide) groups is 1. The maximum Gasteiger partial charge on any atom is 0.387 e. The number of rotatable bonds is 8. The number of carbonyl (C=O) groups excluding carboxylic acids is 3. The third kappa shape index (κ3) is 5.60. The van der Waals surface area contributed by atoms with E-state index in [0.29, 0.717) is 17.7 Å². The molecule has 3 amide bonds. The fraction of sp³-hybridized carbons (Fsp3) is 0.217. The number of ether oxygens (including phenoxy) is 1. The van der Waals surface area contributed by atoms with E-state index in [0.717, 1.165) is 22.2 Å². The molecule has 0 spiro atoms. The maximum absolute atomic E-state index is 12.6. The van der Waals surface area contributed by atoms with Gasteiger partial charge in [-0.3, -0.25) is 19.3 Å². The van der Waals surface area contributed by atoms with Crippen LogP contribution in [0.25, 0.3) is 6.08 Å². The van der Waals surface area contributed by atoms with E-state index < -0.39 is 23.9 Å². The van der Waals surface area contributed by atoms with Gasteiger partial charge in [0.25, 0.3) is 17.1 Å². The van der Waals surface area contributed by atoms with Gasteiger partial charge in [0, 0.05) is 19.5 Å². The molecular formula is C23H19F2N3O5S. The van der Waals surface area contributed by atoms with E-state index >= 15 is 0 Å². The first-order valence-corrected chi connectivity index (χ1v) is 11.1. The molecule has 0 saturated carbocycles. The molecule has 0 radical (unpaired) electrons. The Labute approximate surface area is 197 Å². The molecule has 1 saturated heterocycles. The monoisotopic (exact) mass is 487 g/mol. The Morgan fingerprint density at radius 1 is 1.21 bits per heavy atom. The molecule has 2 aliphatic rings. The van der Waals surface area contributed by atoms with Gasteiger partial charge in [0.2, 0.25) is 6.10 Å². The number of hydrogen-bond donors (Lipinski definition) is 1. The number of imide groups is 1. The highest BCUT2D eigenvalue weighted by Gasteiger charge is 2.35. The van der Waals surface area contributed by atoms with E-state index in [9.17, 15) is 23.2 Å². The summed E-state index contributed by atoms with van der Waals surface area (Å²) in [6.07, 6.45) is 1.04. The van der Waals surface area contributed by atoms with E-state index in [1.165, 1.54) is 30.3 Å². The lowest BCUT2D eigenvalue weighted by Gasteiger charge is -2.14. The molecule has 34 heavy (non-hydrogen) atoms. The van der Waals surface area contributed by atoms with Crippen LogP contribution in [0, 0.1) is 0 Å². The highest BCUT2D eigenvalue weighted by Crippen LogP contribution is 2.32. The molecule has 176 valence electrons. The van der Waals surface area contributed by atoms with Crippen molar-refractivity contribution in [1.29, 1.82) is 0 Å². The fourth-order valence-electron chi connectivity index (χ4n) is 3.31. The summed E-state index contributed by atoms with van der Waals surface area (Å²) in [6.45, 7) is -2.88. The number of amides is 3. The Balaban J connectivity index is 1.27. The normalized spacial score (nSPS) is 18.9. The van der Waals surface area contributed by atoms with E-state index in [-0.39, 0.29) is 29.7 Å². The molecule has 0 aromatic heterocycles. The summed E-state index contributed by atoms with van der Waals surface area (Å²) in [5.41, 5.74) is 2.09. The number of halogens is 2. The van der Waals surface area contributed by atoms with Gasteiger partial charge in [-0.25, -0.2) is 0 Å². The first-order valence-electron chi connectivity index (χ1n) is 10.3. The average molecular weight is 487 g/mol. The largest absolute Gasteiger partial charge is 0.435 e. The van der Waals surface area contributed by atoms with Crippen LogP contribution in [-0.4, -0.2) is 53.5 Å². The predicted molar refractivity (Wildman–Crippen MR) is 121 cm³/mol. The van der Waals surface area contributed by atoms with Crippen LogP contribution in [0.15, 0.2) is 64.7 Å². The average Bonchev–Trinajstić information content (AvgIpc) is 3.42. The van der Waals surface area contributed by atoms with Gasteiger partial charge in [-0.1, -0.05) is 47.6 Å². The molecule has 2 aliphatic heterocycles. The molecular weight excluding hydrogens is 468 g/mol. The van der Waals surface area contributed by atoms with Crippen molar-refractivity contribution >= 4 is 40.6 Å². The van der Waals surface area contributed by atoms with Crippen LogP contribution in [0.2, 0.25) is 0 Å². The first kappa shape index (κ1) is 23.4. The standard InChI is InChI=1S/C23H19F2N3O5S/c24-22(25)32-16-8-6-14(7-9-16)12-19-21(30)28(23(31)34-19)11-10-26-20(29)18-13-17(27-33-18)15-4-2-1-3-5-15/h1-9,12,18,22H,10-11,13H2,(H,26,29). The van der Waals surface area contributed by atoms with Crippen molar-refractivity contribution in [2.24, 2.45) is 5.16 Å². The third-order valence-corrected chi connectivity index (χ3v) is 5.89. The molecule has 1 fully saturated rings. The molecule has 2 heterocycles. The van der Waals surface area contributed by atoms with Crippen LogP contribution in [0.4, 0.5) is 13.6 Å². The lowest BCUT2D eigenvalue weighted by atomic mass is 10.0. The predicted octanol–water partition coefficient (Wildman–Crippen LogP) is 3.63. The summed E-state index contributed by atoms with van der Waals surface area (Å²) in [7, 11) is 0. The number of oxime groups is 1. The van der Waals surface area contributed by atoms with Crippen LogP contribution < -0.4 is 10.1 Å². The second-order valence-corrected chi connectivity index (χ2v) is 8.27. The Morgan fingerprint density at radius 2 is 1.94 bits per heavy atom. The molecule has 0 aliphatic carbocycles. The quantitative estimate of drug-likeness (QED) is 0.571. The van der Waals surface area contributed by atoms with Gasteiger partial charge in [-0.05, 0) is 41.1 Å². The summed E-state index contributed by atoms with van der Waals surface area (Å²) >= 11 is 0.765. The summed E-state index contributed by atoms with van der Waals surface area (Å²) < 4.78 is 28.8. The number of benzene rings is 2. The molecule has 1 atom stereocenters. The minimum absolute atomic E-state index is 0.00592. The molecule has 8 nitrogen and oxygen atoms in total. The van der Waals surface area contributed by atoms with Crippen LogP contribution in [0.1, 0.15) is 17.5 Å². The van der Waals surface area contributed by atoms with Gasteiger partial charge in [0.1, 0.15) is 5.75 Å². The highest BCUT2D eigenvalue weighted by atomic mass is 32.2. The summed E-state index contributed by atoms with van der Waals surface area (Å²) in [6, 6.07) is 15.1. The van der Waals surface area contributed by atoms with Gasteiger partial charge in [0.05, 0.1) is 10.6 Å². The van der Waals surface area contributed by atoms with Crippen molar-refractivity contribution in [2.45, 2.75) is 19.1 Å². The minimum atomic E-state index is -2.93. The van der Waals surface area contributed by atoms with E-state index in [1.54, 1.807) is 0 Å². The van der Waals surface area contributed by atoms with Gasteiger partial charge < -0.3 is 14.9 Å². The zero-order valence-corrected chi connectivity index (χ0v) is 18.5. The van der Waals surface area contributed by atoms with Gasteiger partial charge in [-0.2, -0.15) is 8.78 Å². The Kier molecular flexibility index (Phi) is 7.21. The van der Waals surface area contributed by atoms with Crippen LogP contribution in [0.5, 0.6) is 5.75 Å². The second kappa shape index (κ2) is 10.5. The smallest absolute Gasteiger partial charge is 0.387 e. The molecule has 1 unspecified atom stereocenters. The van der Waals surface area contributed by atoms with E-state index in [1.807, 2.05) is 30.3 Å². The van der Waals surface area contributed by atoms with Gasteiger partial charge in [-0.15, -0.1) is 0 Å². The lowest BCUT2D eigenvalue weighted by Crippen LogP contribution is -2.41. The summed E-state index contributed by atoms with van der Waals surface area (Å²) in [4.78, 5) is 43.7. The summed E-state index contributed by atoms with van der Waals surface area (Å²) in [5, 5.41) is 6.17. The van der Waals surface area contributed by atoms with E-state index in [4.69, 9.17) is 4.84 Å². The molecule has 2 aromatic rings. The number of nitrogens with one attached hydrogen (secondary N) is 1. The van der Waals surface area contributed by atoms with Crippen molar-refractivity contribution in [2.75, 3.05) is 13.1 Å². The van der Waals surface area contributed by atoms with Gasteiger partial charge in [0.15, 0.2) is 0 Å². The zero-order valence-electron chi connectivity index (χ0n) is 17.6. The molecule has 4 rings (SSSR count). The van der Waals surface area contributed by atoms with Crippen molar-refractivity contribution in [3.05, 3.63) is 70.6 Å². The number of nitrogens with zero attached hydrogens (tertiary/aromatic N) is 2. The number of alkyl halides is 2. The molecule has 1 N–H and O–H groups in total. The fourth-order valence-corrected chi connectivity index (χ4v) is 4.18. The molecule has 2 aromatic carbocycles. The Hall–Kier alpha value is -3.73. The van der Waals surface area contributed by atoms with Crippen molar-refractivity contribution in [1.82, 2.24) is 10.2 Å². The number of hydrogen-bond acceptors (Lipinski definition) is 7. The minimum Gasteiger partial charge on any atom is -0.435 e. The topological polar surface area (TPSA) is 97.3 Å². The van der Waals surface area contributed by atoms with E-state index in [2.05, 4.69) is 15.2 Å². The van der Waals surface area contributed by atoms with Crippen molar-refractivity contribution in [3.63, 3.8) is 0 Å². The Morgan fingerprint density at radius 3 is 2.65 bits per heavy atom. The van der Waals surface area contributed by atoms with Crippen LogP contribution in [-0.2, 0) is 14.4 Å². The SMILES string of the molecule is O=C(NCCN1C(=O)SC(=Cc2ccc(OC(F)F)cc2)C1=O)C1CC(c2ccccc2)=NO1. The zero-order chi connectivity index (χ0) is 24.1. The van der Waals surface area contributed by atoms with Crippen LogP contribution in [0.3, 0.4) is 0 Å². The summed E-state index contributed by atoms with van der Waals surface area (Å²) in [5.74, 6) is -0.893. The van der Waals surface area contributed by atoms with Crippen molar-refractivity contribution in [3.8, 4) is 5.75 Å². The number of carbonyl (C=O) groups is 3. The second-order valence-electron chi connectivity index (χ2n) is 7.27. The Bertz CT molecular complexity index is 1140. The van der Waals surface area contributed by atoms with Gasteiger partial charge >= 0.3 is 6.61 Å². The first-order chi connectivity index (χ1) is 16.4. The molecule has 0 bridgehead atoms. The third-order valence-electron chi connectivity index (χ3n) is 4.98. The molecule has 11 heteroatoms. The maximum atomic E-state index is 12.6. The van der Waals surface area contributed by atoms with Crippen molar-refractivity contribution < 1.29 is 32.7 Å². The van der Waals surface area contributed by atoms with Crippen LogP contribution >= 0.6 is 11.8 Å².